The monoisotopic (exact) mass is 232 g/mol. The van der Waals surface area contributed by atoms with Gasteiger partial charge >= 0.3 is 0 Å². The lowest BCUT2D eigenvalue weighted by atomic mass is 10.1. The first-order chi connectivity index (χ1) is 7.41. The summed E-state index contributed by atoms with van der Waals surface area (Å²) in [6.45, 7) is 2.27. The molecular formula is C13H29OP. The first-order valence-corrected chi connectivity index (χ1v) is 7.94. The Labute approximate surface area is 97.9 Å². The molecule has 0 radical (unpaired) electrons. The molecular weight excluding hydrogens is 203 g/mol. The normalized spacial score (nSPS) is 11.6. The van der Waals surface area contributed by atoms with E-state index in [1.165, 1.54) is 70.6 Å². The molecule has 0 saturated carbocycles. The zero-order chi connectivity index (χ0) is 11.2. The van der Waals surface area contributed by atoms with E-state index in [0.29, 0.717) is 0 Å². The molecule has 15 heavy (non-hydrogen) atoms. The fourth-order valence-corrected chi connectivity index (χ4v) is 2.28. The zero-order valence-electron chi connectivity index (χ0n) is 10.4. The summed E-state index contributed by atoms with van der Waals surface area (Å²) in [6.07, 6.45) is 16.3. The summed E-state index contributed by atoms with van der Waals surface area (Å²) in [6, 6.07) is 0. The van der Waals surface area contributed by atoms with E-state index >= 15 is 0 Å². The lowest BCUT2D eigenvalue weighted by Gasteiger charge is -2.01. The van der Waals surface area contributed by atoms with Crippen LogP contribution >= 0.6 is 8.81 Å². The van der Waals surface area contributed by atoms with E-state index in [-0.39, 0.29) is 8.81 Å². The van der Waals surface area contributed by atoms with Crippen molar-refractivity contribution in [3.05, 3.63) is 0 Å². The van der Waals surface area contributed by atoms with Gasteiger partial charge in [-0.15, -0.1) is 0 Å². The van der Waals surface area contributed by atoms with Crippen molar-refractivity contribution in [1.82, 2.24) is 0 Å². The minimum Gasteiger partial charge on any atom is -0.377 e. The summed E-state index contributed by atoms with van der Waals surface area (Å²) in [4.78, 5) is 8.64. The van der Waals surface area contributed by atoms with E-state index in [0.717, 1.165) is 6.16 Å². The highest BCUT2D eigenvalue weighted by Gasteiger charge is 1.92. The molecule has 1 unspecified atom stereocenters. The molecule has 0 saturated heterocycles. The van der Waals surface area contributed by atoms with E-state index in [9.17, 15) is 0 Å². The molecule has 1 nitrogen and oxygen atoms in total. The maximum atomic E-state index is 8.64. The molecule has 0 aromatic rings. The Kier molecular flexibility index (Phi) is 14.8. The van der Waals surface area contributed by atoms with Crippen molar-refractivity contribution in [2.45, 2.75) is 77.6 Å². The molecule has 0 amide bonds. The Morgan fingerprint density at radius 1 is 0.667 bits per heavy atom. The summed E-state index contributed by atoms with van der Waals surface area (Å²) < 4.78 is 0. The highest BCUT2D eigenvalue weighted by Crippen LogP contribution is 2.12. The van der Waals surface area contributed by atoms with Gasteiger partial charge in [-0.25, -0.2) is 0 Å². The van der Waals surface area contributed by atoms with Crippen molar-refractivity contribution in [2.75, 3.05) is 6.16 Å². The Balaban J connectivity index is 2.81. The molecule has 1 N–H and O–H groups in total. The van der Waals surface area contributed by atoms with Gasteiger partial charge in [0.2, 0.25) is 0 Å². The van der Waals surface area contributed by atoms with Crippen molar-refractivity contribution in [3.8, 4) is 0 Å². The maximum absolute atomic E-state index is 8.64. The predicted molar refractivity (Wildman–Crippen MR) is 71.9 cm³/mol. The smallest absolute Gasteiger partial charge is 0.0107 e. The molecule has 0 aliphatic heterocycles. The van der Waals surface area contributed by atoms with E-state index in [4.69, 9.17) is 4.89 Å². The Bertz CT molecular complexity index is 94.7. The van der Waals surface area contributed by atoms with Gasteiger partial charge in [0, 0.05) is 8.81 Å². The molecule has 0 bridgehead atoms. The van der Waals surface area contributed by atoms with Crippen molar-refractivity contribution >= 4 is 8.81 Å². The predicted octanol–water partition coefficient (Wildman–Crippen LogP) is 4.88. The topological polar surface area (TPSA) is 20.2 Å². The highest BCUT2D eigenvalue weighted by molar-refractivity contribution is 7.31. The molecule has 1 atom stereocenters. The van der Waals surface area contributed by atoms with E-state index < -0.39 is 0 Å². The van der Waals surface area contributed by atoms with Crippen LogP contribution in [-0.2, 0) is 0 Å². The van der Waals surface area contributed by atoms with Crippen LogP contribution < -0.4 is 0 Å². The number of rotatable bonds is 12. The van der Waals surface area contributed by atoms with Gasteiger partial charge in [-0.05, 0) is 12.6 Å². The first-order valence-electron chi connectivity index (χ1n) is 6.78. The molecule has 0 heterocycles. The van der Waals surface area contributed by atoms with Gasteiger partial charge in [-0.2, -0.15) is 0 Å². The molecule has 0 aromatic heterocycles. The minimum absolute atomic E-state index is 0.170. The largest absolute Gasteiger partial charge is 0.377 e. The van der Waals surface area contributed by atoms with E-state index in [1.54, 1.807) is 0 Å². The molecule has 0 aromatic carbocycles. The summed E-state index contributed by atoms with van der Waals surface area (Å²) in [5.74, 6) is 0. The second-order valence-corrected chi connectivity index (χ2v) is 5.26. The summed E-state index contributed by atoms with van der Waals surface area (Å²) in [5, 5.41) is 0. The molecule has 0 aliphatic carbocycles. The van der Waals surface area contributed by atoms with E-state index in [2.05, 4.69) is 6.92 Å². The van der Waals surface area contributed by atoms with Crippen LogP contribution in [0.1, 0.15) is 77.6 Å². The molecule has 0 aliphatic rings. The van der Waals surface area contributed by atoms with Crippen LogP contribution in [-0.4, -0.2) is 11.1 Å². The van der Waals surface area contributed by atoms with Crippen LogP contribution in [0.5, 0.6) is 0 Å². The Hall–Kier alpha value is 0.390. The van der Waals surface area contributed by atoms with Crippen LogP contribution in [0.25, 0.3) is 0 Å². The van der Waals surface area contributed by atoms with Gasteiger partial charge in [0.25, 0.3) is 0 Å². The van der Waals surface area contributed by atoms with Crippen molar-refractivity contribution in [2.24, 2.45) is 0 Å². The lowest BCUT2D eigenvalue weighted by molar-refractivity contribution is 0.553. The fourth-order valence-electron chi connectivity index (χ4n) is 1.87. The lowest BCUT2D eigenvalue weighted by Crippen LogP contribution is -1.82. The summed E-state index contributed by atoms with van der Waals surface area (Å²) >= 11 is 0. The maximum Gasteiger partial charge on any atom is 0.0107 e. The van der Waals surface area contributed by atoms with Crippen LogP contribution in [0.15, 0.2) is 0 Å². The fraction of sp³-hybridized carbons (Fsp3) is 1.00. The second-order valence-electron chi connectivity index (χ2n) is 4.44. The van der Waals surface area contributed by atoms with Crippen molar-refractivity contribution < 1.29 is 4.89 Å². The standard InChI is InChI=1S/C13H29OP/c1-2-3-4-5-6-7-8-9-10-11-12-13-15-14/h14-15H,2-13H2,1H3. The van der Waals surface area contributed by atoms with Crippen LogP contribution in [0.2, 0.25) is 0 Å². The van der Waals surface area contributed by atoms with Crippen LogP contribution in [0.4, 0.5) is 0 Å². The van der Waals surface area contributed by atoms with E-state index in [1.807, 2.05) is 0 Å². The van der Waals surface area contributed by atoms with Crippen molar-refractivity contribution in [1.29, 1.82) is 0 Å². The molecule has 0 fully saturated rings. The highest BCUT2D eigenvalue weighted by atomic mass is 31.1. The average Bonchev–Trinajstić information content (AvgIpc) is 2.26. The van der Waals surface area contributed by atoms with Crippen molar-refractivity contribution in [3.63, 3.8) is 0 Å². The third-order valence-corrected chi connectivity index (χ3v) is 3.47. The molecule has 92 valence electrons. The summed E-state index contributed by atoms with van der Waals surface area (Å²) in [5.41, 5.74) is 0. The van der Waals surface area contributed by atoms with Gasteiger partial charge in [-0.1, -0.05) is 71.1 Å². The number of unbranched alkanes of at least 4 members (excludes halogenated alkanes) is 10. The third-order valence-electron chi connectivity index (χ3n) is 2.89. The van der Waals surface area contributed by atoms with Crippen LogP contribution in [0, 0.1) is 0 Å². The van der Waals surface area contributed by atoms with Gasteiger partial charge in [0.05, 0.1) is 0 Å². The van der Waals surface area contributed by atoms with Crippen LogP contribution in [0.3, 0.4) is 0 Å². The molecule has 2 heteroatoms. The SMILES string of the molecule is CCCCCCCCCCCCCPO. The Morgan fingerprint density at radius 3 is 1.47 bits per heavy atom. The first kappa shape index (κ1) is 15.4. The average molecular weight is 232 g/mol. The second kappa shape index (κ2) is 14.4. The van der Waals surface area contributed by atoms with Gasteiger partial charge < -0.3 is 4.89 Å². The molecule has 0 rings (SSSR count). The minimum atomic E-state index is 0.170. The number of hydrogen-bond donors (Lipinski definition) is 1. The zero-order valence-corrected chi connectivity index (χ0v) is 11.4. The van der Waals surface area contributed by atoms with Gasteiger partial charge in [-0.3, -0.25) is 0 Å². The Morgan fingerprint density at radius 2 is 1.07 bits per heavy atom. The third kappa shape index (κ3) is 14.4. The van der Waals surface area contributed by atoms with Gasteiger partial charge in [0.1, 0.15) is 0 Å². The molecule has 0 spiro atoms. The summed E-state index contributed by atoms with van der Waals surface area (Å²) in [7, 11) is 0.170. The number of hydrogen-bond acceptors (Lipinski definition) is 1. The quantitative estimate of drug-likeness (QED) is 0.375. The van der Waals surface area contributed by atoms with Gasteiger partial charge in [0.15, 0.2) is 0 Å².